The molecule has 0 atom stereocenters. The van der Waals surface area contributed by atoms with Gasteiger partial charge in [0, 0.05) is 31.9 Å². The van der Waals surface area contributed by atoms with Crippen molar-refractivity contribution in [2.75, 3.05) is 25.1 Å². The number of nitrogens with zero attached hydrogens (tertiary/aromatic N) is 1. The second-order valence-corrected chi connectivity index (χ2v) is 5.01. The van der Waals surface area contributed by atoms with Crippen molar-refractivity contribution in [3.8, 4) is 5.75 Å². The highest BCUT2D eigenvalue weighted by Gasteiger charge is 2.39. The number of hydrogen-bond donors (Lipinski definition) is 3. The van der Waals surface area contributed by atoms with E-state index < -0.39 is 10.3 Å². The highest BCUT2D eigenvalue weighted by molar-refractivity contribution is 5.97. The lowest BCUT2D eigenvalue weighted by atomic mass is 9.79. The molecule has 0 aliphatic carbocycles. The Balaban J connectivity index is 2.22. The van der Waals surface area contributed by atoms with Crippen molar-refractivity contribution in [3.05, 3.63) is 28.3 Å². The second-order valence-electron chi connectivity index (χ2n) is 5.01. The van der Waals surface area contributed by atoms with Gasteiger partial charge in [0.05, 0.1) is 16.0 Å². The molecule has 1 aliphatic rings. The average molecular weight is 295 g/mol. The number of rotatable bonds is 4. The van der Waals surface area contributed by atoms with Crippen LogP contribution in [0.25, 0.3) is 0 Å². The third kappa shape index (κ3) is 3.11. The third-order valence-electron chi connectivity index (χ3n) is 3.76. The topological polar surface area (TPSA) is 128 Å². The van der Waals surface area contributed by atoms with Gasteiger partial charge < -0.3 is 20.9 Å². The average Bonchev–Trinajstić information content (AvgIpc) is 2.49. The smallest absolute Gasteiger partial charge is 0.271 e. The number of hydrogen-bond acceptors (Lipinski definition) is 6. The summed E-state index contributed by atoms with van der Waals surface area (Å²) in [5.74, 6) is -0.586. The minimum atomic E-state index is -0.769. The Kier molecular flexibility index (Phi) is 4.39. The van der Waals surface area contributed by atoms with Crippen molar-refractivity contribution >= 4 is 17.3 Å². The lowest BCUT2D eigenvalue weighted by Gasteiger charge is -2.34. The van der Waals surface area contributed by atoms with Crippen LogP contribution < -0.4 is 11.1 Å². The molecule has 1 heterocycles. The lowest BCUT2D eigenvalue weighted by Crippen LogP contribution is -2.46. The van der Waals surface area contributed by atoms with Crippen LogP contribution in [0, 0.1) is 15.5 Å². The molecule has 0 bridgehead atoms. The maximum atomic E-state index is 12.4. The number of anilines is 1. The Bertz CT molecular complexity index is 555. The third-order valence-corrected chi connectivity index (χ3v) is 3.76. The number of nitro benzene ring substituents is 1. The van der Waals surface area contributed by atoms with Gasteiger partial charge in [0.2, 0.25) is 5.91 Å². The number of non-ortho nitro benzene ring substituents is 1. The molecule has 1 amide bonds. The quantitative estimate of drug-likeness (QED) is 0.432. The van der Waals surface area contributed by atoms with Crippen molar-refractivity contribution in [3.63, 3.8) is 0 Å². The van der Waals surface area contributed by atoms with E-state index in [4.69, 9.17) is 10.5 Å². The minimum Gasteiger partial charge on any atom is -0.506 e. The molecule has 8 nitrogen and oxygen atoms in total. The number of phenolic OH excluding ortho intramolecular Hbond substituents is 1. The molecular weight excluding hydrogens is 278 g/mol. The van der Waals surface area contributed by atoms with Crippen LogP contribution in [0.4, 0.5) is 11.4 Å². The molecule has 1 saturated heterocycles. The van der Waals surface area contributed by atoms with Crippen LogP contribution in [0.15, 0.2) is 18.2 Å². The summed E-state index contributed by atoms with van der Waals surface area (Å²) in [6.07, 6.45) is 0.954. The van der Waals surface area contributed by atoms with E-state index in [0.29, 0.717) is 26.1 Å². The predicted molar refractivity (Wildman–Crippen MR) is 74.9 cm³/mol. The fraction of sp³-hybridized carbons (Fsp3) is 0.462. The molecule has 1 aliphatic heterocycles. The highest BCUT2D eigenvalue weighted by atomic mass is 16.6. The van der Waals surface area contributed by atoms with Crippen LogP contribution in [-0.4, -0.2) is 35.7 Å². The van der Waals surface area contributed by atoms with Gasteiger partial charge in [-0.2, -0.15) is 0 Å². The summed E-state index contributed by atoms with van der Waals surface area (Å²) in [5, 5.41) is 23.0. The molecule has 4 N–H and O–H groups in total. The monoisotopic (exact) mass is 295 g/mol. The number of nitrogens with one attached hydrogen (secondary N) is 1. The Morgan fingerprint density at radius 2 is 2.14 bits per heavy atom. The fourth-order valence-electron chi connectivity index (χ4n) is 2.28. The maximum Gasteiger partial charge on any atom is 0.271 e. The van der Waals surface area contributed by atoms with E-state index >= 15 is 0 Å². The molecule has 0 spiro atoms. The van der Waals surface area contributed by atoms with E-state index in [1.807, 2.05) is 0 Å². The van der Waals surface area contributed by atoms with Crippen molar-refractivity contribution in [1.29, 1.82) is 0 Å². The number of nitro groups is 1. The molecule has 1 aromatic rings. The molecular formula is C13H17N3O5. The molecule has 0 aromatic heterocycles. The SMILES string of the molecule is NCC1(C(=O)Nc2cc([N+](=O)[O-])ccc2O)CCOCC1. The summed E-state index contributed by atoms with van der Waals surface area (Å²) >= 11 is 0. The van der Waals surface area contributed by atoms with Crippen molar-refractivity contribution in [1.82, 2.24) is 0 Å². The number of amides is 1. The molecule has 0 saturated carbocycles. The zero-order chi connectivity index (χ0) is 15.5. The maximum absolute atomic E-state index is 12.4. The largest absolute Gasteiger partial charge is 0.506 e. The van der Waals surface area contributed by atoms with Crippen LogP contribution in [0.2, 0.25) is 0 Å². The minimum absolute atomic E-state index is 0.00789. The number of carbonyl (C=O) groups excluding carboxylic acids is 1. The zero-order valence-corrected chi connectivity index (χ0v) is 11.4. The zero-order valence-electron chi connectivity index (χ0n) is 11.4. The van der Waals surface area contributed by atoms with Crippen LogP contribution in [0.1, 0.15) is 12.8 Å². The van der Waals surface area contributed by atoms with E-state index in [1.54, 1.807) is 0 Å². The van der Waals surface area contributed by atoms with Crippen molar-refractivity contribution < 1.29 is 19.6 Å². The molecule has 1 fully saturated rings. The summed E-state index contributed by atoms with van der Waals surface area (Å²) in [7, 11) is 0. The van der Waals surface area contributed by atoms with Crippen molar-refractivity contribution in [2.45, 2.75) is 12.8 Å². The number of carbonyl (C=O) groups is 1. The number of phenols is 1. The summed E-state index contributed by atoms with van der Waals surface area (Å²) in [6, 6.07) is 3.46. The molecule has 0 unspecified atom stereocenters. The van der Waals surface area contributed by atoms with Crippen LogP contribution >= 0.6 is 0 Å². The van der Waals surface area contributed by atoms with Gasteiger partial charge in [0.25, 0.3) is 5.69 Å². The normalized spacial score (nSPS) is 17.2. The molecule has 21 heavy (non-hydrogen) atoms. The van der Waals surface area contributed by atoms with Gasteiger partial charge in [-0.3, -0.25) is 14.9 Å². The molecule has 114 valence electrons. The van der Waals surface area contributed by atoms with E-state index in [-0.39, 0.29) is 29.6 Å². The van der Waals surface area contributed by atoms with E-state index in [9.17, 15) is 20.0 Å². The molecule has 2 rings (SSSR count). The Morgan fingerprint density at radius 3 is 2.71 bits per heavy atom. The lowest BCUT2D eigenvalue weighted by molar-refractivity contribution is -0.384. The van der Waals surface area contributed by atoms with E-state index in [0.717, 1.165) is 12.1 Å². The van der Waals surface area contributed by atoms with Gasteiger partial charge in [-0.05, 0) is 18.9 Å². The Labute approximate surface area is 121 Å². The van der Waals surface area contributed by atoms with Gasteiger partial charge in [-0.25, -0.2) is 0 Å². The van der Waals surface area contributed by atoms with Gasteiger partial charge >= 0.3 is 0 Å². The van der Waals surface area contributed by atoms with Gasteiger partial charge in [0.1, 0.15) is 5.75 Å². The second kappa shape index (κ2) is 6.06. The van der Waals surface area contributed by atoms with Crippen LogP contribution in [0.5, 0.6) is 5.75 Å². The summed E-state index contributed by atoms with van der Waals surface area (Å²) in [5.41, 5.74) is 4.75. The van der Waals surface area contributed by atoms with Crippen LogP contribution in [-0.2, 0) is 9.53 Å². The standard InChI is InChI=1S/C13H17N3O5/c14-8-13(3-5-21-6-4-13)12(18)15-10-7-9(16(19)20)1-2-11(10)17/h1-2,7,17H,3-6,8,14H2,(H,15,18). The van der Waals surface area contributed by atoms with Gasteiger partial charge in [0.15, 0.2) is 0 Å². The van der Waals surface area contributed by atoms with E-state index in [2.05, 4.69) is 5.32 Å². The number of aromatic hydroxyl groups is 1. The summed E-state index contributed by atoms with van der Waals surface area (Å²) in [6.45, 7) is 1.02. The molecule has 1 aromatic carbocycles. The summed E-state index contributed by atoms with van der Waals surface area (Å²) < 4.78 is 5.23. The first-order valence-corrected chi connectivity index (χ1v) is 6.55. The fourth-order valence-corrected chi connectivity index (χ4v) is 2.28. The molecule has 8 heteroatoms. The van der Waals surface area contributed by atoms with Crippen molar-refractivity contribution in [2.24, 2.45) is 11.1 Å². The number of nitrogens with two attached hydrogens (primary N) is 1. The first-order chi connectivity index (χ1) is 9.98. The number of benzene rings is 1. The highest BCUT2D eigenvalue weighted by Crippen LogP contribution is 2.33. The predicted octanol–water partition coefficient (Wildman–Crippen LogP) is 0.994. The Morgan fingerprint density at radius 1 is 1.48 bits per heavy atom. The van der Waals surface area contributed by atoms with Gasteiger partial charge in [-0.15, -0.1) is 0 Å². The first-order valence-electron chi connectivity index (χ1n) is 6.55. The summed E-state index contributed by atoms with van der Waals surface area (Å²) in [4.78, 5) is 22.6. The molecule has 0 radical (unpaired) electrons. The number of ether oxygens (including phenoxy) is 1. The first kappa shape index (κ1) is 15.2. The Hall–Kier alpha value is -2.19. The van der Waals surface area contributed by atoms with Crippen LogP contribution in [0.3, 0.4) is 0 Å². The van der Waals surface area contributed by atoms with Gasteiger partial charge in [-0.1, -0.05) is 0 Å². The van der Waals surface area contributed by atoms with E-state index in [1.165, 1.54) is 6.07 Å².